The molecule has 1 aliphatic rings. The summed E-state index contributed by atoms with van der Waals surface area (Å²) in [5.41, 5.74) is 2.23. The monoisotopic (exact) mass is 356 g/mol. The van der Waals surface area contributed by atoms with Gasteiger partial charge in [-0.1, -0.05) is 12.1 Å². The summed E-state index contributed by atoms with van der Waals surface area (Å²) in [5, 5.41) is 0. The number of hydrogen-bond acceptors (Lipinski definition) is 3. The van der Waals surface area contributed by atoms with E-state index in [4.69, 9.17) is 4.74 Å². The maximum Gasteiger partial charge on any atom is 0.222 e. The van der Waals surface area contributed by atoms with Crippen LogP contribution in [0.5, 0.6) is 5.75 Å². The van der Waals surface area contributed by atoms with Gasteiger partial charge in [0.25, 0.3) is 0 Å². The molecule has 138 valence electrons. The number of aryl methyl sites for hydroxylation is 1. The van der Waals surface area contributed by atoms with Crippen LogP contribution in [-0.2, 0) is 11.2 Å². The zero-order chi connectivity index (χ0) is 18.4. The minimum absolute atomic E-state index is 0.210. The third-order valence-corrected chi connectivity index (χ3v) is 4.84. The summed E-state index contributed by atoms with van der Waals surface area (Å²) in [4.78, 5) is 16.6. The summed E-state index contributed by atoms with van der Waals surface area (Å²) in [6.07, 6.45) is 2.14. The molecule has 0 unspecified atom stereocenters. The van der Waals surface area contributed by atoms with Crippen LogP contribution in [0.4, 0.5) is 10.1 Å². The third-order valence-electron chi connectivity index (χ3n) is 4.84. The molecular formula is C21H25FN2O2. The zero-order valence-corrected chi connectivity index (χ0v) is 15.2. The maximum atomic E-state index is 12.9. The first kappa shape index (κ1) is 18.2. The van der Waals surface area contributed by atoms with Crippen LogP contribution in [0.25, 0.3) is 0 Å². The fourth-order valence-electron chi connectivity index (χ4n) is 3.26. The number of benzene rings is 2. The molecule has 1 fully saturated rings. The summed E-state index contributed by atoms with van der Waals surface area (Å²) in [6, 6.07) is 14.5. The molecule has 1 aliphatic heterocycles. The van der Waals surface area contributed by atoms with Crippen molar-refractivity contribution in [2.45, 2.75) is 19.3 Å². The molecule has 0 spiro atoms. The molecule has 3 rings (SSSR count). The number of halogens is 1. The molecule has 0 radical (unpaired) electrons. The molecule has 26 heavy (non-hydrogen) atoms. The first-order valence-corrected chi connectivity index (χ1v) is 9.07. The van der Waals surface area contributed by atoms with Gasteiger partial charge in [-0.05, 0) is 54.8 Å². The lowest BCUT2D eigenvalue weighted by Gasteiger charge is -2.36. The molecule has 4 nitrogen and oxygen atoms in total. The summed E-state index contributed by atoms with van der Waals surface area (Å²) in [6.45, 7) is 3.19. The Balaban J connectivity index is 1.42. The van der Waals surface area contributed by atoms with E-state index < -0.39 is 0 Å². The van der Waals surface area contributed by atoms with Crippen molar-refractivity contribution >= 4 is 11.6 Å². The number of nitrogens with zero attached hydrogens (tertiary/aromatic N) is 2. The normalized spacial score (nSPS) is 14.4. The number of carbonyl (C=O) groups excluding carboxylic acids is 1. The van der Waals surface area contributed by atoms with E-state index in [1.165, 1.54) is 12.1 Å². The Morgan fingerprint density at radius 2 is 1.65 bits per heavy atom. The Morgan fingerprint density at radius 1 is 1.00 bits per heavy atom. The fraction of sp³-hybridized carbons (Fsp3) is 0.381. The van der Waals surface area contributed by atoms with E-state index >= 15 is 0 Å². The van der Waals surface area contributed by atoms with E-state index in [0.29, 0.717) is 6.42 Å². The Morgan fingerprint density at radius 3 is 2.27 bits per heavy atom. The highest BCUT2D eigenvalue weighted by molar-refractivity contribution is 5.76. The van der Waals surface area contributed by atoms with Crippen molar-refractivity contribution in [1.82, 2.24) is 4.90 Å². The average Bonchev–Trinajstić information content (AvgIpc) is 2.69. The Labute approximate surface area is 154 Å². The standard InChI is InChI=1S/C21H25FN2O2/c1-26-20-11-9-19(10-12-20)23-13-15-24(16-14-23)21(25)4-2-3-17-5-7-18(22)8-6-17/h5-12H,2-4,13-16H2,1H3. The number of rotatable bonds is 6. The van der Waals surface area contributed by atoms with Gasteiger partial charge < -0.3 is 14.5 Å². The molecule has 0 aliphatic carbocycles. The number of amides is 1. The highest BCUT2D eigenvalue weighted by atomic mass is 19.1. The molecule has 1 heterocycles. The number of hydrogen-bond donors (Lipinski definition) is 0. The van der Waals surface area contributed by atoms with Crippen molar-refractivity contribution < 1.29 is 13.9 Å². The van der Waals surface area contributed by atoms with Crippen molar-refractivity contribution in [2.24, 2.45) is 0 Å². The van der Waals surface area contributed by atoms with Crippen LogP contribution in [0.1, 0.15) is 18.4 Å². The van der Waals surface area contributed by atoms with Gasteiger partial charge >= 0.3 is 0 Å². The molecule has 1 amide bonds. The van der Waals surface area contributed by atoms with Crippen LogP contribution >= 0.6 is 0 Å². The Bertz CT molecular complexity index is 708. The number of piperazine rings is 1. The van der Waals surface area contributed by atoms with Crippen LogP contribution < -0.4 is 9.64 Å². The fourth-order valence-corrected chi connectivity index (χ4v) is 3.26. The molecule has 5 heteroatoms. The van der Waals surface area contributed by atoms with Gasteiger partial charge in [0.2, 0.25) is 5.91 Å². The van der Waals surface area contributed by atoms with Gasteiger partial charge in [0.1, 0.15) is 11.6 Å². The van der Waals surface area contributed by atoms with E-state index in [0.717, 1.165) is 56.0 Å². The van der Waals surface area contributed by atoms with Crippen LogP contribution in [-0.4, -0.2) is 44.1 Å². The van der Waals surface area contributed by atoms with E-state index in [-0.39, 0.29) is 11.7 Å². The van der Waals surface area contributed by atoms with E-state index in [9.17, 15) is 9.18 Å². The number of carbonyl (C=O) groups is 1. The lowest BCUT2D eigenvalue weighted by atomic mass is 10.1. The number of methoxy groups -OCH3 is 1. The van der Waals surface area contributed by atoms with Crippen LogP contribution in [0.2, 0.25) is 0 Å². The van der Waals surface area contributed by atoms with E-state index in [1.807, 2.05) is 17.0 Å². The maximum absolute atomic E-state index is 12.9. The topological polar surface area (TPSA) is 32.8 Å². The Hall–Kier alpha value is -2.56. The molecule has 0 saturated carbocycles. The minimum atomic E-state index is -0.223. The van der Waals surface area contributed by atoms with Crippen LogP contribution in [0.15, 0.2) is 48.5 Å². The smallest absolute Gasteiger partial charge is 0.222 e. The van der Waals surface area contributed by atoms with Crippen LogP contribution in [0, 0.1) is 5.82 Å². The van der Waals surface area contributed by atoms with Crippen LogP contribution in [0.3, 0.4) is 0 Å². The predicted octanol–water partition coefficient (Wildman–Crippen LogP) is 3.51. The van der Waals surface area contributed by atoms with Crippen molar-refractivity contribution in [3.05, 3.63) is 59.9 Å². The quantitative estimate of drug-likeness (QED) is 0.794. The molecule has 0 atom stereocenters. The second-order valence-electron chi connectivity index (χ2n) is 6.55. The molecule has 2 aromatic carbocycles. The highest BCUT2D eigenvalue weighted by Crippen LogP contribution is 2.20. The van der Waals surface area contributed by atoms with Gasteiger partial charge in [0.15, 0.2) is 0 Å². The van der Waals surface area contributed by atoms with Crippen molar-refractivity contribution in [3.8, 4) is 5.75 Å². The molecule has 0 bridgehead atoms. The minimum Gasteiger partial charge on any atom is -0.497 e. The number of anilines is 1. The first-order valence-electron chi connectivity index (χ1n) is 9.07. The van der Waals surface area contributed by atoms with Gasteiger partial charge in [-0.3, -0.25) is 4.79 Å². The van der Waals surface area contributed by atoms with Gasteiger partial charge in [-0.15, -0.1) is 0 Å². The van der Waals surface area contributed by atoms with Gasteiger partial charge in [-0.25, -0.2) is 4.39 Å². The summed E-state index contributed by atoms with van der Waals surface area (Å²) >= 11 is 0. The summed E-state index contributed by atoms with van der Waals surface area (Å²) < 4.78 is 18.1. The largest absolute Gasteiger partial charge is 0.497 e. The van der Waals surface area contributed by atoms with E-state index in [1.54, 1.807) is 19.2 Å². The predicted molar refractivity (Wildman–Crippen MR) is 101 cm³/mol. The SMILES string of the molecule is COc1ccc(N2CCN(C(=O)CCCc3ccc(F)cc3)CC2)cc1. The zero-order valence-electron chi connectivity index (χ0n) is 15.2. The number of ether oxygens (including phenoxy) is 1. The molecule has 0 N–H and O–H groups in total. The third kappa shape index (κ3) is 4.75. The van der Waals surface area contributed by atoms with Crippen molar-refractivity contribution in [1.29, 1.82) is 0 Å². The molecule has 2 aromatic rings. The first-order chi connectivity index (χ1) is 12.7. The Kier molecular flexibility index (Phi) is 6.10. The lowest BCUT2D eigenvalue weighted by Crippen LogP contribution is -2.48. The lowest BCUT2D eigenvalue weighted by molar-refractivity contribution is -0.131. The van der Waals surface area contributed by atoms with Gasteiger partial charge in [0, 0.05) is 38.3 Å². The second kappa shape index (κ2) is 8.70. The van der Waals surface area contributed by atoms with E-state index in [2.05, 4.69) is 17.0 Å². The second-order valence-corrected chi connectivity index (χ2v) is 6.55. The summed E-state index contributed by atoms with van der Waals surface area (Å²) in [5.74, 6) is 0.838. The van der Waals surface area contributed by atoms with Crippen molar-refractivity contribution in [3.63, 3.8) is 0 Å². The van der Waals surface area contributed by atoms with Gasteiger partial charge in [-0.2, -0.15) is 0 Å². The molecular weight excluding hydrogens is 331 g/mol. The van der Waals surface area contributed by atoms with Crippen molar-refractivity contribution in [2.75, 3.05) is 38.2 Å². The summed E-state index contributed by atoms with van der Waals surface area (Å²) in [7, 11) is 1.66. The molecule has 1 saturated heterocycles. The van der Waals surface area contributed by atoms with Gasteiger partial charge in [0.05, 0.1) is 7.11 Å². The molecule has 0 aromatic heterocycles. The highest BCUT2D eigenvalue weighted by Gasteiger charge is 2.20. The average molecular weight is 356 g/mol.